The van der Waals surface area contributed by atoms with Crippen LogP contribution in [0.5, 0.6) is 0 Å². The lowest BCUT2D eigenvalue weighted by Crippen LogP contribution is -2.50. The van der Waals surface area contributed by atoms with Gasteiger partial charge in [0.1, 0.15) is 12.3 Å². The molecule has 2 aliphatic rings. The molecule has 2 aromatic rings. The summed E-state index contributed by atoms with van der Waals surface area (Å²) >= 11 is 0. The molecule has 1 N–H and O–H groups in total. The molecular weight excluding hydrogens is 322 g/mol. The van der Waals surface area contributed by atoms with Gasteiger partial charge in [0.2, 0.25) is 0 Å². The molecule has 4 rings (SSSR count). The van der Waals surface area contributed by atoms with Crippen molar-refractivity contribution < 1.29 is 19.0 Å². The number of hydrogen-bond donors (Lipinski definition) is 1. The topological polar surface area (TPSA) is 74.1 Å². The van der Waals surface area contributed by atoms with Crippen LogP contribution in [0.15, 0.2) is 30.7 Å². The SMILES string of the molecule is CC(C)(CNC(=O)c1ccc2nccn2c1)C1COCC12OCCO2. The zero-order valence-corrected chi connectivity index (χ0v) is 14.5. The second kappa shape index (κ2) is 6.09. The van der Waals surface area contributed by atoms with Crippen molar-refractivity contribution >= 4 is 11.6 Å². The summed E-state index contributed by atoms with van der Waals surface area (Å²) in [5.41, 5.74) is 1.19. The minimum atomic E-state index is -0.663. The lowest BCUT2D eigenvalue weighted by Gasteiger charge is -2.38. The van der Waals surface area contributed by atoms with Crippen molar-refractivity contribution in [3.05, 3.63) is 36.3 Å². The summed E-state index contributed by atoms with van der Waals surface area (Å²) in [6, 6.07) is 3.62. The number of imidazole rings is 1. The van der Waals surface area contributed by atoms with Gasteiger partial charge >= 0.3 is 0 Å². The molecule has 0 radical (unpaired) electrons. The van der Waals surface area contributed by atoms with Gasteiger partial charge in [-0.1, -0.05) is 13.8 Å². The van der Waals surface area contributed by atoms with Crippen LogP contribution in [0.3, 0.4) is 0 Å². The van der Waals surface area contributed by atoms with Crippen LogP contribution in [-0.4, -0.2) is 54.1 Å². The number of carbonyl (C=O) groups excluding carboxylic acids is 1. The van der Waals surface area contributed by atoms with Crippen molar-refractivity contribution in [1.82, 2.24) is 14.7 Å². The Kier molecular flexibility index (Phi) is 4.02. The third-order valence-electron chi connectivity index (χ3n) is 5.19. The van der Waals surface area contributed by atoms with Crippen molar-refractivity contribution in [2.45, 2.75) is 19.6 Å². The summed E-state index contributed by atoms with van der Waals surface area (Å²) in [4.78, 5) is 16.7. The molecule has 7 nitrogen and oxygen atoms in total. The quantitative estimate of drug-likeness (QED) is 0.909. The van der Waals surface area contributed by atoms with Gasteiger partial charge in [0.15, 0.2) is 5.79 Å². The molecule has 4 heterocycles. The monoisotopic (exact) mass is 345 g/mol. The standard InChI is InChI=1S/C18H23N3O4/c1-17(2,14-10-23-12-18(14)24-7-8-25-18)11-20-16(22)13-3-4-15-19-5-6-21(15)9-13/h3-6,9,14H,7-8,10-12H2,1-2H3,(H,20,22). The number of rotatable bonds is 4. The molecule has 2 fully saturated rings. The molecule has 1 spiro atoms. The molecule has 2 aliphatic heterocycles. The van der Waals surface area contributed by atoms with E-state index < -0.39 is 5.79 Å². The highest BCUT2D eigenvalue weighted by atomic mass is 16.8. The van der Waals surface area contributed by atoms with Gasteiger partial charge in [-0.25, -0.2) is 4.98 Å². The van der Waals surface area contributed by atoms with E-state index in [1.807, 2.05) is 16.7 Å². The number of pyridine rings is 1. The smallest absolute Gasteiger partial charge is 0.252 e. The van der Waals surface area contributed by atoms with E-state index in [-0.39, 0.29) is 17.2 Å². The summed E-state index contributed by atoms with van der Waals surface area (Å²) < 4.78 is 19.2. The Labute approximate surface area is 146 Å². The van der Waals surface area contributed by atoms with E-state index in [4.69, 9.17) is 14.2 Å². The van der Waals surface area contributed by atoms with Crippen LogP contribution in [-0.2, 0) is 14.2 Å². The predicted octanol–water partition coefficient (Wildman–Crippen LogP) is 1.48. The number of nitrogens with one attached hydrogen (secondary N) is 1. The third-order valence-corrected chi connectivity index (χ3v) is 5.19. The van der Waals surface area contributed by atoms with Gasteiger partial charge in [-0.2, -0.15) is 0 Å². The average molecular weight is 345 g/mol. The van der Waals surface area contributed by atoms with E-state index in [0.717, 1.165) is 5.65 Å². The second-order valence-corrected chi connectivity index (χ2v) is 7.36. The predicted molar refractivity (Wildman–Crippen MR) is 90.3 cm³/mol. The van der Waals surface area contributed by atoms with Gasteiger partial charge in [0, 0.05) is 31.1 Å². The number of nitrogens with zero attached hydrogens (tertiary/aromatic N) is 2. The van der Waals surface area contributed by atoms with Gasteiger partial charge in [-0.05, 0) is 17.5 Å². The fourth-order valence-corrected chi connectivity index (χ4v) is 3.71. The molecule has 2 saturated heterocycles. The molecule has 0 bridgehead atoms. The van der Waals surface area contributed by atoms with E-state index in [0.29, 0.717) is 38.5 Å². The van der Waals surface area contributed by atoms with Gasteiger partial charge in [0.05, 0.1) is 25.4 Å². The average Bonchev–Trinajstić information content (AvgIpc) is 3.34. The van der Waals surface area contributed by atoms with Crippen LogP contribution in [0, 0.1) is 11.3 Å². The van der Waals surface area contributed by atoms with Crippen LogP contribution < -0.4 is 5.32 Å². The summed E-state index contributed by atoms with van der Waals surface area (Å²) in [5, 5.41) is 3.04. The van der Waals surface area contributed by atoms with Crippen LogP contribution >= 0.6 is 0 Å². The first-order chi connectivity index (χ1) is 12.0. The summed E-state index contributed by atoms with van der Waals surface area (Å²) in [6.07, 6.45) is 5.32. The first-order valence-corrected chi connectivity index (χ1v) is 8.57. The van der Waals surface area contributed by atoms with Gasteiger partial charge in [0.25, 0.3) is 5.91 Å². The molecule has 1 unspecified atom stereocenters. The van der Waals surface area contributed by atoms with Gasteiger partial charge in [-0.3, -0.25) is 4.79 Å². The summed E-state index contributed by atoms with van der Waals surface area (Å²) in [6.45, 7) is 6.93. The number of carbonyl (C=O) groups is 1. The van der Waals surface area contributed by atoms with E-state index in [1.54, 1.807) is 18.5 Å². The Morgan fingerprint density at radius 3 is 3.00 bits per heavy atom. The first-order valence-electron chi connectivity index (χ1n) is 8.57. The molecule has 0 saturated carbocycles. The molecule has 2 aromatic heterocycles. The largest absolute Gasteiger partial charge is 0.375 e. The maximum absolute atomic E-state index is 12.5. The fraction of sp³-hybridized carbons (Fsp3) is 0.556. The molecular formula is C18H23N3O4. The summed E-state index contributed by atoms with van der Waals surface area (Å²) in [5.74, 6) is -0.701. The van der Waals surface area contributed by atoms with Gasteiger partial charge < -0.3 is 23.9 Å². The Morgan fingerprint density at radius 2 is 2.20 bits per heavy atom. The normalized spacial score (nSPS) is 22.7. The second-order valence-electron chi connectivity index (χ2n) is 7.36. The fourth-order valence-electron chi connectivity index (χ4n) is 3.71. The third kappa shape index (κ3) is 2.92. The lowest BCUT2D eigenvalue weighted by molar-refractivity contribution is -0.197. The van der Waals surface area contributed by atoms with E-state index in [1.165, 1.54) is 0 Å². The summed E-state index contributed by atoms with van der Waals surface area (Å²) in [7, 11) is 0. The number of fused-ring (bicyclic) bond motifs is 1. The van der Waals surface area contributed by atoms with E-state index in [2.05, 4.69) is 24.1 Å². The lowest BCUT2D eigenvalue weighted by atomic mass is 9.75. The molecule has 1 atom stereocenters. The number of amides is 1. The van der Waals surface area contributed by atoms with Crippen molar-refractivity contribution in [1.29, 1.82) is 0 Å². The van der Waals surface area contributed by atoms with Crippen molar-refractivity contribution in [3.63, 3.8) is 0 Å². The minimum Gasteiger partial charge on any atom is -0.375 e. The maximum Gasteiger partial charge on any atom is 0.252 e. The Bertz CT molecular complexity index is 774. The highest BCUT2D eigenvalue weighted by Gasteiger charge is 2.55. The number of hydrogen-bond acceptors (Lipinski definition) is 5. The van der Waals surface area contributed by atoms with Crippen LogP contribution in [0.1, 0.15) is 24.2 Å². The van der Waals surface area contributed by atoms with Crippen LogP contribution in [0.2, 0.25) is 0 Å². The van der Waals surface area contributed by atoms with E-state index in [9.17, 15) is 4.79 Å². The Morgan fingerprint density at radius 1 is 1.40 bits per heavy atom. The van der Waals surface area contributed by atoms with Crippen molar-refractivity contribution in [2.75, 3.05) is 33.0 Å². The van der Waals surface area contributed by atoms with Crippen LogP contribution in [0.4, 0.5) is 0 Å². The highest BCUT2D eigenvalue weighted by Crippen LogP contribution is 2.44. The van der Waals surface area contributed by atoms with Crippen LogP contribution in [0.25, 0.3) is 5.65 Å². The number of ether oxygens (including phenoxy) is 3. The molecule has 7 heteroatoms. The molecule has 0 aliphatic carbocycles. The van der Waals surface area contributed by atoms with Gasteiger partial charge in [-0.15, -0.1) is 0 Å². The zero-order valence-electron chi connectivity index (χ0n) is 14.5. The first kappa shape index (κ1) is 16.5. The minimum absolute atomic E-state index is 0.0685. The molecule has 1 amide bonds. The number of aromatic nitrogens is 2. The van der Waals surface area contributed by atoms with Crippen molar-refractivity contribution in [3.8, 4) is 0 Å². The molecule has 25 heavy (non-hydrogen) atoms. The zero-order chi connectivity index (χ0) is 17.5. The maximum atomic E-state index is 12.5. The van der Waals surface area contributed by atoms with Crippen molar-refractivity contribution in [2.24, 2.45) is 11.3 Å². The van der Waals surface area contributed by atoms with E-state index >= 15 is 0 Å². The Balaban J connectivity index is 1.45. The highest BCUT2D eigenvalue weighted by molar-refractivity contribution is 5.94. The Hall–Kier alpha value is -1.96. The molecule has 0 aromatic carbocycles. The molecule has 134 valence electrons.